The number of carbonyl (C=O) groups is 1. The van der Waals surface area contributed by atoms with Gasteiger partial charge in [-0.15, -0.1) is 0 Å². The second kappa shape index (κ2) is 5.16. The summed E-state index contributed by atoms with van der Waals surface area (Å²) in [6.07, 6.45) is -5.41. The minimum atomic E-state index is -4.31. The first-order valence-corrected chi connectivity index (χ1v) is 5.03. The third-order valence-electron chi connectivity index (χ3n) is 2.25. The Morgan fingerprint density at radius 1 is 1.44 bits per heavy atom. The summed E-state index contributed by atoms with van der Waals surface area (Å²) in [5, 5.41) is 8.85. The van der Waals surface area contributed by atoms with Crippen LogP contribution in [0.1, 0.15) is 22.3 Å². The number of halogens is 3. The van der Waals surface area contributed by atoms with Crippen LogP contribution in [0.15, 0.2) is 12.1 Å². The van der Waals surface area contributed by atoms with Gasteiger partial charge in [0.15, 0.2) is 0 Å². The van der Waals surface area contributed by atoms with Crippen LogP contribution in [0.3, 0.4) is 0 Å². The summed E-state index contributed by atoms with van der Waals surface area (Å²) < 4.78 is 40.6. The summed E-state index contributed by atoms with van der Waals surface area (Å²) in [6.45, 7) is 0.990. The van der Waals surface area contributed by atoms with Gasteiger partial charge in [0.05, 0.1) is 18.6 Å². The standard InChI is InChI=1S/C11H12F3NO3/c1-6-4-7(18-3-2-11(12,13)14)5-8(9(6)15)10(16)17/h4-5H,2-3,15H2,1H3,(H,16,17). The average molecular weight is 263 g/mol. The molecule has 0 saturated carbocycles. The van der Waals surface area contributed by atoms with Crippen molar-refractivity contribution in [3.8, 4) is 5.75 Å². The van der Waals surface area contributed by atoms with E-state index in [9.17, 15) is 18.0 Å². The third kappa shape index (κ3) is 3.83. The molecule has 1 rings (SSSR count). The van der Waals surface area contributed by atoms with Gasteiger partial charge in [-0.1, -0.05) is 0 Å². The molecule has 7 heteroatoms. The number of nitrogens with two attached hydrogens (primary N) is 1. The summed E-state index contributed by atoms with van der Waals surface area (Å²) in [5.41, 5.74) is 5.87. The molecule has 0 aliphatic rings. The summed E-state index contributed by atoms with van der Waals surface area (Å²) in [5.74, 6) is -1.19. The topological polar surface area (TPSA) is 72.5 Å². The highest BCUT2D eigenvalue weighted by Gasteiger charge is 2.27. The smallest absolute Gasteiger partial charge is 0.392 e. The van der Waals surface area contributed by atoms with Crippen LogP contribution in [0.25, 0.3) is 0 Å². The molecule has 3 N–H and O–H groups in total. The summed E-state index contributed by atoms with van der Waals surface area (Å²) >= 11 is 0. The number of rotatable bonds is 4. The number of anilines is 1. The molecule has 0 fully saturated rings. The van der Waals surface area contributed by atoms with Gasteiger partial charge in [-0.2, -0.15) is 13.2 Å². The highest BCUT2D eigenvalue weighted by atomic mass is 19.4. The maximum atomic E-state index is 11.9. The van der Waals surface area contributed by atoms with Crippen LogP contribution in [0.5, 0.6) is 5.75 Å². The van der Waals surface area contributed by atoms with E-state index in [1.54, 1.807) is 6.92 Å². The zero-order valence-electron chi connectivity index (χ0n) is 9.54. The Morgan fingerprint density at radius 2 is 2.06 bits per heavy atom. The maximum absolute atomic E-state index is 11.9. The first kappa shape index (κ1) is 14.1. The van der Waals surface area contributed by atoms with Gasteiger partial charge in [0.2, 0.25) is 0 Å². The van der Waals surface area contributed by atoms with Crippen molar-refractivity contribution >= 4 is 11.7 Å². The molecule has 0 heterocycles. The molecular weight excluding hydrogens is 251 g/mol. The van der Waals surface area contributed by atoms with Crippen molar-refractivity contribution in [1.82, 2.24) is 0 Å². The van der Waals surface area contributed by atoms with Crippen molar-refractivity contribution in [3.05, 3.63) is 23.3 Å². The van der Waals surface area contributed by atoms with E-state index in [0.717, 1.165) is 6.07 Å². The minimum Gasteiger partial charge on any atom is -0.493 e. The van der Waals surface area contributed by atoms with Crippen molar-refractivity contribution in [3.63, 3.8) is 0 Å². The van der Waals surface area contributed by atoms with E-state index in [1.165, 1.54) is 6.07 Å². The molecule has 0 amide bonds. The Kier molecular flexibility index (Phi) is 4.05. The lowest BCUT2D eigenvalue weighted by Crippen LogP contribution is -2.13. The lowest BCUT2D eigenvalue weighted by atomic mass is 10.1. The van der Waals surface area contributed by atoms with E-state index >= 15 is 0 Å². The summed E-state index contributed by atoms with van der Waals surface area (Å²) in [4.78, 5) is 10.8. The van der Waals surface area contributed by atoms with E-state index < -0.39 is 25.2 Å². The van der Waals surface area contributed by atoms with Crippen LogP contribution in [0.2, 0.25) is 0 Å². The van der Waals surface area contributed by atoms with E-state index in [0.29, 0.717) is 5.56 Å². The molecule has 0 saturated heterocycles. The van der Waals surface area contributed by atoms with Crippen molar-refractivity contribution in [2.45, 2.75) is 19.5 Å². The molecule has 0 radical (unpaired) electrons. The quantitative estimate of drug-likeness (QED) is 0.819. The molecule has 18 heavy (non-hydrogen) atoms. The lowest BCUT2D eigenvalue weighted by Gasteiger charge is -2.11. The normalized spacial score (nSPS) is 11.3. The number of nitrogen functional groups attached to an aromatic ring is 1. The van der Waals surface area contributed by atoms with Crippen LogP contribution in [0.4, 0.5) is 18.9 Å². The molecule has 1 aromatic rings. The van der Waals surface area contributed by atoms with Crippen LogP contribution in [-0.2, 0) is 0 Å². The van der Waals surface area contributed by atoms with Crippen LogP contribution < -0.4 is 10.5 Å². The Balaban J connectivity index is 2.82. The fourth-order valence-corrected chi connectivity index (χ4v) is 1.31. The van der Waals surface area contributed by atoms with Crippen molar-refractivity contribution in [1.29, 1.82) is 0 Å². The number of hydrogen-bond acceptors (Lipinski definition) is 3. The van der Waals surface area contributed by atoms with E-state index in [-0.39, 0.29) is 17.0 Å². The van der Waals surface area contributed by atoms with Gasteiger partial charge in [0.1, 0.15) is 5.75 Å². The monoisotopic (exact) mass is 263 g/mol. The van der Waals surface area contributed by atoms with Crippen molar-refractivity contribution < 1.29 is 27.8 Å². The molecule has 4 nitrogen and oxygen atoms in total. The van der Waals surface area contributed by atoms with E-state index in [1.807, 2.05) is 0 Å². The number of benzene rings is 1. The Bertz CT molecular complexity index is 458. The molecule has 0 aliphatic carbocycles. The highest BCUT2D eigenvalue weighted by Crippen LogP contribution is 2.25. The van der Waals surface area contributed by atoms with Gasteiger partial charge >= 0.3 is 12.1 Å². The number of carboxylic acids is 1. The molecule has 0 spiro atoms. The summed E-state index contributed by atoms with van der Waals surface area (Å²) in [7, 11) is 0. The van der Waals surface area contributed by atoms with E-state index in [2.05, 4.69) is 0 Å². The van der Waals surface area contributed by atoms with Crippen LogP contribution in [0, 0.1) is 6.92 Å². The van der Waals surface area contributed by atoms with E-state index in [4.69, 9.17) is 15.6 Å². The molecule has 0 unspecified atom stereocenters. The van der Waals surface area contributed by atoms with Gasteiger partial charge in [-0.05, 0) is 24.6 Å². The molecule has 0 aromatic heterocycles. The van der Waals surface area contributed by atoms with Crippen molar-refractivity contribution in [2.24, 2.45) is 0 Å². The van der Waals surface area contributed by atoms with Crippen LogP contribution >= 0.6 is 0 Å². The van der Waals surface area contributed by atoms with Gasteiger partial charge in [-0.25, -0.2) is 4.79 Å². The first-order chi connectivity index (χ1) is 8.20. The molecule has 0 atom stereocenters. The Morgan fingerprint density at radius 3 is 2.56 bits per heavy atom. The highest BCUT2D eigenvalue weighted by molar-refractivity contribution is 5.95. The zero-order chi connectivity index (χ0) is 13.9. The second-order valence-electron chi connectivity index (χ2n) is 3.72. The van der Waals surface area contributed by atoms with Gasteiger partial charge in [0.25, 0.3) is 0 Å². The number of carboxylic acid groups (broad SMARTS) is 1. The maximum Gasteiger partial charge on any atom is 0.392 e. The number of alkyl halides is 3. The first-order valence-electron chi connectivity index (χ1n) is 5.03. The molecule has 100 valence electrons. The average Bonchev–Trinajstić information content (AvgIpc) is 2.20. The van der Waals surface area contributed by atoms with Gasteiger partial charge < -0.3 is 15.6 Å². The zero-order valence-corrected chi connectivity index (χ0v) is 9.54. The fraction of sp³-hybridized carbons (Fsp3) is 0.364. The minimum absolute atomic E-state index is 0.0587. The number of aromatic carboxylic acids is 1. The molecule has 1 aromatic carbocycles. The number of aryl methyl sites for hydroxylation is 1. The molecule has 0 aliphatic heterocycles. The number of ether oxygens (including phenoxy) is 1. The predicted octanol–water partition coefficient (Wildman–Crippen LogP) is 2.61. The Hall–Kier alpha value is -1.92. The largest absolute Gasteiger partial charge is 0.493 e. The van der Waals surface area contributed by atoms with Gasteiger partial charge in [-0.3, -0.25) is 0 Å². The summed E-state index contributed by atoms with van der Waals surface area (Å²) in [6, 6.07) is 2.51. The predicted molar refractivity (Wildman–Crippen MR) is 58.7 cm³/mol. The molecule has 0 bridgehead atoms. The van der Waals surface area contributed by atoms with Gasteiger partial charge in [0, 0.05) is 5.69 Å². The Labute approximate surface area is 101 Å². The third-order valence-corrected chi connectivity index (χ3v) is 2.25. The van der Waals surface area contributed by atoms with Crippen molar-refractivity contribution in [2.75, 3.05) is 12.3 Å². The second-order valence-corrected chi connectivity index (χ2v) is 3.72. The SMILES string of the molecule is Cc1cc(OCCC(F)(F)F)cc(C(=O)O)c1N. The fourth-order valence-electron chi connectivity index (χ4n) is 1.31. The lowest BCUT2D eigenvalue weighted by molar-refractivity contribution is -0.139. The number of hydrogen-bond donors (Lipinski definition) is 2. The molecular formula is C11H12F3NO3. The van der Waals surface area contributed by atoms with Crippen LogP contribution in [-0.4, -0.2) is 23.9 Å².